The molecule has 1 N–H and O–H groups in total. The number of carbonyl (C=O) groups is 1. The molecule has 0 radical (unpaired) electrons. The van der Waals surface area contributed by atoms with Gasteiger partial charge in [-0.3, -0.25) is 4.98 Å². The van der Waals surface area contributed by atoms with E-state index in [1.54, 1.807) is 19.1 Å². The normalized spacial score (nSPS) is 12.8. The number of hydrogen-bond donors (Lipinski definition) is 1. The third-order valence-electron chi connectivity index (χ3n) is 4.23. The standard InChI is InChI=1S/C20H18N2O2S/c1-2-24-20(23)13-7-9-14(10-8-13)21-19-15-5-3-4-6-17(15)22-18-12-25-11-16(18)19/h3-10H,2,11-12H2,1H3,(H,21,22). The summed E-state index contributed by atoms with van der Waals surface area (Å²) in [7, 11) is 0. The molecule has 0 atom stereocenters. The van der Waals surface area contributed by atoms with Crippen molar-refractivity contribution < 1.29 is 9.53 Å². The smallest absolute Gasteiger partial charge is 0.338 e. The summed E-state index contributed by atoms with van der Waals surface area (Å²) in [6.45, 7) is 2.19. The summed E-state index contributed by atoms with van der Waals surface area (Å²) in [5.41, 5.74) is 6.08. The summed E-state index contributed by atoms with van der Waals surface area (Å²) in [4.78, 5) is 16.6. The van der Waals surface area contributed by atoms with Crippen LogP contribution in [0.5, 0.6) is 0 Å². The zero-order valence-electron chi connectivity index (χ0n) is 13.9. The molecule has 1 aliphatic heterocycles. The maximum Gasteiger partial charge on any atom is 0.338 e. The van der Waals surface area contributed by atoms with Crippen LogP contribution < -0.4 is 5.32 Å². The molecule has 1 aromatic heterocycles. The van der Waals surface area contributed by atoms with Gasteiger partial charge in [0.1, 0.15) is 0 Å². The van der Waals surface area contributed by atoms with E-state index in [2.05, 4.69) is 11.4 Å². The number of anilines is 2. The Bertz CT molecular complexity index is 938. The number of nitrogens with one attached hydrogen (secondary N) is 1. The minimum absolute atomic E-state index is 0.291. The van der Waals surface area contributed by atoms with Gasteiger partial charge in [-0.25, -0.2) is 4.79 Å². The third kappa shape index (κ3) is 3.07. The van der Waals surface area contributed by atoms with E-state index in [4.69, 9.17) is 9.72 Å². The second kappa shape index (κ2) is 6.76. The van der Waals surface area contributed by atoms with Gasteiger partial charge in [-0.2, -0.15) is 11.8 Å². The first-order chi connectivity index (χ1) is 12.3. The van der Waals surface area contributed by atoms with Gasteiger partial charge in [0, 0.05) is 28.1 Å². The fourth-order valence-corrected chi connectivity index (χ4v) is 4.07. The lowest BCUT2D eigenvalue weighted by Gasteiger charge is -2.14. The molecule has 0 fully saturated rings. The van der Waals surface area contributed by atoms with Crippen LogP contribution in [-0.4, -0.2) is 17.6 Å². The fourth-order valence-electron chi connectivity index (χ4n) is 3.02. The van der Waals surface area contributed by atoms with Crippen LogP contribution in [-0.2, 0) is 16.2 Å². The van der Waals surface area contributed by atoms with Gasteiger partial charge in [-0.05, 0) is 37.3 Å². The topological polar surface area (TPSA) is 51.2 Å². The molecule has 4 rings (SSSR count). The molecule has 126 valence electrons. The van der Waals surface area contributed by atoms with Gasteiger partial charge in [0.05, 0.1) is 29.1 Å². The Balaban J connectivity index is 1.70. The lowest BCUT2D eigenvalue weighted by atomic mass is 10.1. The number of thioether (sulfide) groups is 1. The number of carbonyl (C=O) groups excluding carboxylic acids is 1. The molecule has 5 heteroatoms. The molecular formula is C20H18N2O2S. The van der Waals surface area contributed by atoms with Gasteiger partial charge in [-0.15, -0.1) is 0 Å². The Morgan fingerprint density at radius 1 is 1.16 bits per heavy atom. The molecule has 0 saturated heterocycles. The number of para-hydroxylation sites is 1. The predicted molar refractivity (Wildman–Crippen MR) is 102 cm³/mol. The molecule has 0 aliphatic carbocycles. The summed E-state index contributed by atoms with van der Waals surface area (Å²) in [5, 5.41) is 4.66. The van der Waals surface area contributed by atoms with Crippen LogP contribution in [0.15, 0.2) is 48.5 Å². The first-order valence-electron chi connectivity index (χ1n) is 8.28. The average Bonchev–Trinajstić information content (AvgIpc) is 3.10. The van der Waals surface area contributed by atoms with Crippen LogP contribution in [0.25, 0.3) is 10.9 Å². The van der Waals surface area contributed by atoms with Crippen LogP contribution in [0.4, 0.5) is 11.4 Å². The van der Waals surface area contributed by atoms with Gasteiger partial charge in [0.25, 0.3) is 0 Å². The van der Waals surface area contributed by atoms with Gasteiger partial charge >= 0.3 is 5.97 Å². The van der Waals surface area contributed by atoms with Crippen molar-refractivity contribution >= 4 is 40.0 Å². The number of fused-ring (bicyclic) bond motifs is 2. The second-order valence-electron chi connectivity index (χ2n) is 5.84. The average molecular weight is 350 g/mol. The highest BCUT2D eigenvalue weighted by Crippen LogP contribution is 2.39. The maximum absolute atomic E-state index is 11.8. The Labute approximate surface area is 150 Å². The van der Waals surface area contributed by atoms with Crippen LogP contribution >= 0.6 is 11.8 Å². The number of ether oxygens (including phenoxy) is 1. The van der Waals surface area contributed by atoms with Gasteiger partial charge < -0.3 is 10.1 Å². The highest BCUT2D eigenvalue weighted by Gasteiger charge is 2.20. The third-order valence-corrected chi connectivity index (χ3v) is 5.20. The maximum atomic E-state index is 11.8. The van der Waals surface area contributed by atoms with Crippen molar-refractivity contribution in [2.75, 3.05) is 11.9 Å². The second-order valence-corrected chi connectivity index (χ2v) is 6.83. The molecule has 0 unspecified atom stereocenters. The first-order valence-corrected chi connectivity index (χ1v) is 9.44. The number of nitrogens with zero attached hydrogens (tertiary/aromatic N) is 1. The molecule has 0 saturated carbocycles. The van der Waals surface area contributed by atoms with Crippen molar-refractivity contribution in [3.63, 3.8) is 0 Å². The lowest BCUT2D eigenvalue weighted by Crippen LogP contribution is -2.04. The zero-order valence-corrected chi connectivity index (χ0v) is 14.7. The van der Waals surface area contributed by atoms with E-state index >= 15 is 0 Å². The predicted octanol–water partition coefficient (Wildman–Crippen LogP) is 4.90. The molecule has 25 heavy (non-hydrogen) atoms. The van der Waals surface area contributed by atoms with Crippen molar-refractivity contribution in [2.24, 2.45) is 0 Å². The molecule has 0 bridgehead atoms. The van der Waals surface area contributed by atoms with E-state index in [1.165, 1.54) is 5.56 Å². The molecule has 4 nitrogen and oxygen atoms in total. The number of esters is 1. The van der Waals surface area contributed by atoms with E-state index in [1.807, 2.05) is 42.1 Å². The molecule has 2 aromatic carbocycles. The summed E-state index contributed by atoms with van der Waals surface area (Å²) in [5.74, 6) is 1.63. The van der Waals surface area contributed by atoms with Gasteiger partial charge in [0.15, 0.2) is 0 Å². The van der Waals surface area contributed by atoms with Crippen molar-refractivity contribution in [3.05, 3.63) is 65.4 Å². The highest BCUT2D eigenvalue weighted by molar-refractivity contribution is 7.98. The lowest BCUT2D eigenvalue weighted by molar-refractivity contribution is 0.0526. The molecular weight excluding hydrogens is 332 g/mol. The van der Waals surface area contributed by atoms with Crippen LogP contribution in [0.3, 0.4) is 0 Å². The molecule has 2 heterocycles. The summed E-state index contributed by atoms with van der Waals surface area (Å²) >= 11 is 1.89. The number of hydrogen-bond acceptors (Lipinski definition) is 5. The Morgan fingerprint density at radius 2 is 1.96 bits per heavy atom. The quantitative estimate of drug-likeness (QED) is 0.678. The Hall–Kier alpha value is -2.53. The minimum Gasteiger partial charge on any atom is -0.462 e. The number of pyridine rings is 1. The molecule has 0 amide bonds. The van der Waals surface area contributed by atoms with Crippen molar-refractivity contribution in [1.29, 1.82) is 0 Å². The van der Waals surface area contributed by atoms with Crippen molar-refractivity contribution in [2.45, 2.75) is 18.4 Å². The zero-order chi connectivity index (χ0) is 17.2. The van der Waals surface area contributed by atoms with E-state index in [-0.39, 0.29) is 5.97 Å². The largest absolute Gasteiger partial charge is 0.462 e. The summed E-state index contributed by atoms with van der Waals surface area (Å²) in [6, 6.07) is 15.6. The van der Waals surface area contributed by atoms with E-state index in [9.17, 15) is 4.79 Å². The van der Waals surface area contributed by atoms with E-state index in [0.29, 0.717) is 12.2 Å². The SMILES string of the molecule is CCOC(=O)c1ccc(Nc2c3c(nc4ccccc24)CSC3)cc1. The number of benzene rings is 2. The fraction of sp³-hybridized carbons (Fsp3) is 0.200. The monoisotopic (exact) mass is 350 g/mol. The number of aromatic nitrogens is 1. The minimum atomic E-state index is -0.291. The van der Waals surface area contributed by atoms with Gasteiger partial charge in [0.2, 0.25) is 0 Å². The summed E-state index contributed by atoms with van der Waals surface area (Å²) < 4.78 is 5.03. The van der Waals surface area contributed by atoms with E-state index < -0.39 is 0 Å². The first kappa shape index (κ1) is 16.0. The molecule has 3 aromatic rings. The number of rotatable bonds is 4. The van der Waals surface area contributed by atoms with Gasteiger partial charge in [-0.1, -0.05) is 18.2 Å². The Morgan fingerprint density at radius 3 is 2.76 bits per heavy atom. The van der Waals surface area contributed by atoms with Crippen molar-refractivity contribution in [3.8, 4) is 0 Å². The van der Waals surface area contributed by atoms with Crippen LogP contribution in [0.2, 0.25) is 0 Å². The van der Waals surface area contributed by atoms with E-state index in [0.717, 1.165) is 39.5 Å². The molecule has 0 spiro atoms. The highest BCUT2D eigenvalue weighted by atomic mass is 32.2. The summed E-state index contributed by atoms with van der Waals surface area (Å²) in [6.07, 6.45) is 0. The van der Waals surface area contributed by atoms with Crippen molar-refractivity contribution in [1.82, 2.24) is 4.98 Å². The Kier molecular flexibility index (Phi) is 4.32. The van der Waals surface area contributed by atoms with Crippen LogP contribution in [0, 0.1) is 0 Å². The molecule has 1 aliphatic rings. The van der Waals surface area contributed by atoms with Crippen LogP contribution in [0.1, 0.15) is 28.5 Å².